The smallest absolute Gasteiger partial charge is 0.325 e. The average Bonchev–Trinajstić information content (AvgIpc) is 2.35. The molecule has 0 aliphatic carbocycles. The van der Waals surface area contributed by atoms with Crippen molar-refractivity contribution >= 4 is 5.97 Å². The second kappa shape index (κ2) is 6.20. The normalized spacial score (nSPS) is 11.5. The Labute approximate surface area is 116 Å². The average molecular weight is 263 g/mol. The Kier molecular flexibility index (Phi) is 5.12. The standard InChI is InChI=1S/C16H25NO2/c1-7-19-15(18)16(5,6)17-10-14-9-8-11(2)12(3)13(14)4/h8-9,17H,7,10H2,1-6H3. The van der Waals surface area contributed by atoms with E-state index < -0.39 is 5.54 Å². The summed E-state index contributed by atoms with van der Waals surface area (Å²) in [5, 5.41) is 3.27. The van der Waals surface area contributed by atoms with E-state index in [9.17, 15) is 4.79 Å². The van der Waals surface area contributed by atoms with Crippen molar-refractivity contribution in [2.75, 3.05) is 6.61 Å². The van der Waals surface area contributed by atoms with Crippen LogP contribution in [0.1, 0.15) is 43.0 Å². The third kappa shape index (κ3) is 3.80. The van der Waals surface area contributed by atoms with Crippen LogP contribution in [0.4, 0.5) is 0 Å². The molecule has 0 unspecified atom stereocenters. The summed E-state index contributed by atoms with van der Waals surface area (Å²) in [7, 11) is 0. The molecule has 0 radical (unpaired) electrons. The van der Waals surface area contributed by atoms with Gasteiger partial charge < -0.3 is 4.74 Å². The zero-order chi connectivity index (χ0) is 14.6. The molecule has 3 nitrogen and oxygen atoms in total. The van der Waals surface area contributed by atoms with Crippen LogP contribution in [0.5, 0.6) is 0 Å². The molecule has 0 aliphatic rings. The molecule has 1 N–H and O–H groups in total. The molecule has 0 fully saturated rings. The summed E-state index contributed by atoms with van der Waals surface area (Å²) in [5.74, 6) is -0.212. The van der Waals surface area contributed by atoms with Gasteiger partial charge in [0.25, 0.3) is 0 Å². The van der Waals surface area contributed by atoms with Gasteiger partial charge in [0.2, 0.25) is 0 Å². The fourth-order valence-corrected chi connectivity index (χ4v) is 1.90. The Morgan fingerprint density at radius 1 is 1.21 bits per heavy atom. The van der Waals surface area contributed by atoms with Gasteiger partial charge in [0.1, 0.15) is 5.54 Å². The van der Waals surface area contributed by atoms with Gasteiger partial charge in [-0.15, -0.1) is 0 Å². The maximum Gasteiger partial charge on any atom is 0.325 e. The van der Waals surface area contributed by atoms with E-state index in [0.29, 0.717) is 13.2 Å². The molecule has 0 bridgehead atoms. The number of nitrogens with one attached hydrogen (secondary N) is 1. The molecule has 1 rings (SSSR count). The van der Waals surface area contributed by atoms with Crippen LogP contribution in [0.25, 0.3) is 0 Å². The predicted octanol–water partition coefficient (Wildman–Crippen LogP) is 3.04. The van der Waals surface area contributed by atoms with E-state index in [1.54, 1.807) is 0 Å². The molecule has 0 atom stereocenters. The summed E-state index contributed by atoms with van der Waals surface area (Å²) in [6.07, 6.45) is 0. The van der Waals surface area contributed by atoms with Crippen molar-refractivity contribution in [3.8, 4) is 0 Å². The van der Waals surface area contributed by atoms with Crippen molar-refractivity contribution in [3.05, 3.63) is 34.4 Å². The zero-order valence-electron chi connectivity index (χ0n) is 12.9. The number of aryl methyl sites for hydroxylation is 1. The predicted molar refractivity (Wildman–Crippen MR) is 78.2 cm³/mol. The Hall–Kier alpha value is -1.35. The van der Waals surface area contributed by atoms with Crippen LogP contribution in [-0.2, 0) is 16.1 Å². The van der Waals surface area contributed by atoms with Crippen LogP contribution < -0.4 is 5.32 Å². The summed E-state index contributed by atoms with van der Waals surface area (Å²) in [4.78, 5) is 11.8. The molecule has 0 amide bonds. The summed E-state index contributed by atoms with van der Waals surface area (Å²) in [6.45, 7) is 13.0. The molecule has 0 heterocycles. The summed E-state index contributed by atoms with van der Waals surface area (Å²) in [6, 6.07) is 4.24. The van der Waals surface area contributed by atoms with Gasteiger partial charge >= 0.3 is 5.97 Å². The molecule has 1 aromatic carbocycles. The molecular formula is C16H25NO2. The van der Waals surface area contributed by atoms with Crippen LogP contribution in [0.3, 0.4) is 0 Å². The number of ether oxygens (including phenoxy) is 1. The second-order valence-electron chi connectivity index (χ2n) is 5.49. The number of hydrogen-bond acceptors (Lipinski definition) is 3. The number of benzene rings is 1. The molecule has 0 aromatic heterocycles. The lowest BCUT2D eigenvalue weighted by atomic mass is 9.98. The van der Waals surface area contributed by atoms with Crippen LogP contribution in [0, 0.1) is 20.8 Å². The number of carbonyl (C=O) groups excluding carboxylic acids is 1. The van der Waals surface area contributed by atoms with Gasteiger partial charge in [-0.2, -0.15) is 0 Å². The Balaban J connectivity index is 2.77. The molecule has 0 aliphatic heterocycles. The van der Waals surface area contributed by atoms with Gasteiger partial charge in [-0.05, 0) is 63.8 Å². The van der Waals surface area contributed by atoms with Gasteiger partial charge in [-0.25, -0.2) is 0 Å². The lowest BCUT2D eigenvalue weighted by Crippen LogP contribution is -2.47. The van der Waals surface area contributed by atoms with Gasteiger partial charge in [0.15, 0.2) is 0 Å². The highest BCUT2D eigenvalue weighted by atomic mass is 16.5. The van der Waals surface area contributed by atoms with Crippen molar-refractivity contribution in [1.29, 1.82) is 0 Å². The fraction of sp³-hybridized carbons (Fsp3) is 0.562. The Bertz CT molecular complexity index is 464. The van der Waals surface area contributed by atoms with Gasteiger partial charge in [-0.3, -0.25) is 10.1 Å². The first-order valence-corrected chi connectivity index (χ1v) is 6.77. The highest BCUT2D eigenvalue weighted by Gasteiger charge is 2.28. The van der Waals surface area contributed by atoms with Crippen LogP contribution >= 0.6 is 0 Å². The first-order chi connectivity index (χ1) is 8.79. The minimum atomic E-state index is -0.665. The molecule has 0 saturated carbocycles. The first kappa shape index (κ1) is 15.7. The van der Waals surface area contributed by atoms with Crippen molar-refractivity contribution < 1.29 is 9.53 Å². The maximum atomic E-state index is 11.8. The quantitative estimate of drug-likeness (QED) is 0.830. The number of carbonyl (C=O) groups is 1. The van der Waals surface area contributed by atoms with E-state index in [-0.39, 0.29) is 5.97 Å². The fourth-order valence-electron chi connectivity index (χ4n) is 1.90. The lowest BCUT2D eigenvalue weighted by molar-refractivity contribution is -0.149. The van der Waals surface area contributed by atoms with Gasteiger partial charge in [0.05, 0.1) is 6.61 Å². The van der Waals surface area contributed by atoms with E-state index in [1.165, 1.54) is 22.3 Å². The van der Waals surface area contributed by atoms with E-state index in [4.69, 9.17) is 4.74 Å². The van der Waals surface area contributed by atoms with Crippen molar-refractivity contribution in [2.24, 2.45) is 0 Å². The van der Waals surface area contributed by atoms with Crippen LogP contribution in [-0.4, -0.2) is 18.1 Å². The largest absolute Gasteiger partial charge is 0.465 e. The number of hydrogen-bond donors (Lipinski definition) is 1. The molecule has 0 saturated heterocycles. The monoisotopic (exact) mass is 263 g/mol. The second-order valence-corrected chi connectivity index (χ2v) is 5.49. The third-order valence-electron chi connectivity index (χ3n) is 3.68. The van der Waals surface area contributed by atoms with E-state index in [0.717, 1.165) is 0 Å². The molecule has 1 aromatic rings. The Morgan fingerprint density at radius 3 is 2.42 bits per heavy atom. The summed E-state index contributed by atoms with van der Waals surface area (Å²) < 4.78 is 5.07. The highest BCUT2D eigenvalue weighted by molar-refractivity contribution is 5.79. The third-order valence-corrected chi connectivity index (χ3v) is 3.68. The number of esters is 1. The molecule has 0 spiro atoms. The molecule has 3 heteroatoms. The minimum Gasteiger partial charge on any atom is -0.465 e. The molecule has 19 heavy (non-hydrogen) atoms. The first-order valence-electron chi connectivity index (χ1n) is 6.77. The summed E-state index contributed by atoms with van der Waals surface area (Å²) in [5.41, 5.74) is 4.45. The lowest BCUT2D eigenvalue weighted by Gasteiger charge is -2.24. The Morgan fingerprint density at radius 2 is 1.84 bits per heavy atom. The molecule has 106 valence electrons. The van der Waals surface area contributed by atoms with Gasteiger partial charge in [0, 0.05) is 6.54 Å². The number of rotatable bonds is 5. The van der Waals surface area contributed by atoms with E-state index in [1.807, 2.05) is 20.8 Å². The zero-order valence-corrected chi connectivity index (χ0v) is 12.9. The molecular weight excluding hydrogens is 238 g/mol. The minimum absolute atomic E-state index is 0.212. The van der Waals surface area contributed by atoms with E-state index >= 15 is 0 Å². The van der Waals surface area contributed by atoms with Crippen LogP contribution in [0.2, 0.25) is 0 Å². The topological polar surface area (TPSA) is 38.3 Å². The van der Waals surface area contributed by atoms with E-state index in [2.05, 4.69) is 38.2 Å². The van der Waals surface area contributed by atoms with Crippen LogP contribution in [0.15, 0.2) is 12.1 Å². The maximum absolute atomic E-state index is 11.8. The van der Waals surface area contributed by atoms with Crippen molar-refractivity contribution in [2.45, 2.75) is 53.6 Å². The van der Waals surface area contributed by atoms with Crippen molar-refractivity contribution in [1.82, 2.24) is 5.32 Å². The van der Waals surface area contributed by atoms with Gasteiger partial charge in [-0.1, -0.05) is 12.1 Å². The SMILES string of the molecule is CCOC(=O)C(C)(C)NCc1ccc(C)c(C)c1C. The highest BCUT2D eigenvalue weighted by Crippen LogP contribution is 2.18. The van der Waals surface area contributed by atoms with Crippen molar-refractivity contribution in [3.63, 3.8) is 0 Å². The summed E-state index contributed by atoms with van der Waals surface area (Å²) >= 11 is 0.